The van der Waals surface area contributed by atoms with Crippen molar-refractivity contribution in [2.45, 2.75) is 105 Å². The van der Waals surface area contributed by atoms with Crippen LogP contribution in [0, 0.1) is 17.8 Å². The molecule has 0 spiro atoms. The molecule has 2 aromatic carbocycles. The number of nitrogens with zero attached hydrogens (tertiary/aromatic N) is 4. The van der Waals surface area contributed by atoms with Crippen molar-refractivity contribution in [2.75, 3.05) is 13.1 Å². The minimum absolute atomic E-state index is 0.0234. The molecule has 5 rings (SSSR count). The zero-order valence-corrected chi connectivity index (χ0v) is 35.2. The van der Waals surface area contributed by atoms with Gasteiger partial charge in [-0.1, -0.05) is 108 Å². The van der Waals surface area contributed by atoms with E-state index in [1.807, 2.05) is 119 Å². The number of aliphatic hydroxyl groups is 1. The minimum Gasteiger partial charge on any atom is -0.465 e. The van der Waals surface area contributed by atoms with Crippen molar-refractivity contribution in [1.29, 1.82) is 0 Å². The molecule has 13 nitrogen and oxygen atoms in total. The third kappa shape index (κ3) is 12.3. The van der Waals surface area contributed by atoms with Gasteiger partial charge in [0.25, 0.3) is 0 Å². The van der Waals surface area contributed by atoms with E-state index in [1.54, 1.807) is 36.8 Å². The Morgan fingerprint density at radius 3 is 2.05 bits per heavy atom. The zero-order valence-electron chi connectivity index (χ0n) is 35.2. The van der Waals surface area contributed by atoms with Crippen LogP contribution in [0.25, 0.3) is 11.3 Å². The van der Waals surface area contributed by atoms with Gasteiger partial charge in [-0.15, -0.1) is 0 Å². The van der Waals surface area contributed by atoms with E-state index in [1.165, 1.54) is 0 Å². The quantitative estimate of drug-likeness (QED) is 0.0917. The Labute approximate surface area is 347 Å². The Balaban J connectivity index is 1.41. The van der Waals surface area contributed by atoms with Crippen LogP contribution in [0.5, 0.6) is 0 Å². The number of pyridine rings is 2. The minimum atomic E-state index is -1.33. The number of amides is 5. The largest absolute Gasteiger partial charge is 0.465 e. The lowest BCUT2D eigenvalue weighted by Gasteiger charge is -2.38. The highest BCUT2D eigenvalue weighted by Gasteiger charge is 2.44. The van der Waals surface area contributed by atoms with Crippen LogP contribution in [0.2, 0.25) is 0 Å². The molecule has 0 saturated carbocycles. The number of rotatable bonds is 16. The van der Waals surface area contributed by atoms with Crippen molar-refractivity contribution in [3.63, 3.8) is 0 Å². The van der Waals surface area contributed by atoms with E-state index in [-0.39, 0.29) is 18.9 Å². The van der Waals surface area contributed by atoms with Gasteiger partial charge in [-0.2, -0.15) is 0 Å². The fraction of sp³-hybridized carbons (Fsp3) is 0.435. The molecule has 13 heteroatoms. The fourth-order valence-corrected chi connectivity index (χ4v) is 7.65. The Morgan fingerprint density at radius 1 is 0.763 bits per heavy atom. The van der Waals surface area contributed by atoms with Crippen LogP contribution < -0.4 is 16.0 Å². The molecular weight excluding hydrogens is 747 g/mol. The summed E-state index contributed by atoms with van der Waals surface area (Å²) in [5.74, 6) is -0.929. The first-order chi connectivity index (χ1) is 27.9. The van der Waals surface area contributed by atoms with E-state index >= 15 is 0 Å². The van der Waals surface area contributed by atoms with Crippen LogP contribution in [0.3, 0.4) is 0 Å². The maximum absolute atomic E-state index is 14.6. The molecule has 4 aromatic rings. The Bertz CT molecular complexity index is 2030. The number of aryl methyl sites for hydroxylation is 1. The van der Waals surface area contributed by atoms with Gasteiger partial charge in [-0.05, 0) is 72.4 Å². The molecule has 314 valence electrons. The first kappa shape index (κ1) is 44.3. The van der Waals surface area contributed by atoms with Crippen LogP contribution in [0.15, 0.2) is 97.2 Å². The smallest absolute Gasteiger partial charge is 0.405 e. The van der Waals surface area contributed by atoms with Gasteiger partial charge in [0, 0.05) is 36.6 Å². The number of hydrogen-bond donors (Lipinski definition) is 5. The summed E-state index contributed by atoms with van der Waals surface area (Å²) in [7, 11) is 0. The first-order valence-electron chi connectivity index (χ1n) is 20.2. The van der Waals surface area contributed by atoms with Crippen LogP contribution in [0.1, 0.15) is 70.5 Å². The second-order valence-corrected chi connectivity index (χ2v) is 17.6. The molecule has 0 unspecified atom stereocenters. The van der Waals surface area contributed by atoms with Gasteiger partial charge in [-0.3, -0.25) is 19.6 Å². The van der Waals surface area contributed by atoms with Gasteiger partial charge in [0.05, 0.1) is 30.1 Å². The summed E-state index contributed by atoms with van der Waals surface area (Å²) in [5.41, 5.74) is 3.66. The maximum Gasteiger partial charge on any atom is 0.405 e. The predicted octanol–water partition coefficient (Wildman–Crippen LogP) is 5.99. The molecule has 1 saturated heterocycles. The van der Waals surface area contributed by atoms with Gasteiger partial charge in [0.15, 0.2) is 0 Å². The standard InChI is InChI=1S/C46H59N7O6/c1-30-14-13-17-34(48-30)29-52-24-25-53(44(52)59)40(46(5,6)7)42(56)50-37(27-31-15-9-8-10-16-31)38(54)28-35(49-41(55)39(45(2,3)4)51-43(57)58)26-32-19-21-33(22-20-32)36-18-11-12-23-47-36/h8-23,35,37-40,51,54H,24-29H2,1-7H3,(H,49,55)(H,50,56)(H,57,58)/t35-,37-,38+,39+,40+/m0/s1. The van der Waals surface area contributed by atoms with Crippen molar-refractivity contribution in [3.05, 3.63) is 120 Å². The fourth-order valence-electron chi connectivity index (χ4n) is 7.65. The lowest BCUT2D eigenvalue weighted by atomic mass is 9.84. The summed E-state index contributed by atoms with van der Waals surface area (Å²) in [6, 6.07) is 24.9. The molecule has 0 radical (unpaired) electrons. The van der Waals surface area contributed by atoms with Crippen LogP contribution in [-0.2, 0) is 29.0 Å². The molecular formula is C46H59N7O6. The summed E-state index contributed by atoms with van der Waals surface area (Å²) in [4.78, 5) is 66.4. The van der Waals surface area contributed by atoms with Crippen molar-refractivity contribution >= 4 is 23.9 Å². The first-order valence-corrected chi connectivity index (χ1v) is 20.2. The Hall–Kier alpha value is -5.82. The van der Waals surface area contributed by atoms with E-state index in [0.717, 1.165) is 33.8 Å². The molecule has 5 atom stereocenters. The SMILES string of the molecule is Cc1cccc(CN2CCN([C@H](C(=O)N[C@@H](Cc3ccccc3)[C@H](O)C[C@H](Cc3ccc(-c4ccccn4)cc3)NC(=O)[C@@H](NC(=O)O)C(C)(C)C)C(C)(C)C)C2=O)n1. The van der Waals surface area contributed by atoms with E-state index in [9.17, 15) is 29.4 Å². The summed E-state index contributed by atoms with van der Waals surface area (Å²) >= 11 is 0. The molecule has 59 heavy (non-hydrogen) atoms. The monoisotopic (exact) mass is 805 g/mol. The van der Waals surface area contributed by atoms with Gasteiger partial charge in [0.1, 0.15) is 12.1 Å². The van der Waals surface area contributed by atoms with Crippen molar-refractivity contribution in [3.8, 4) is 11.3 Å². The summed E-state index contributed by atoms with van der Waals surface area (Å²) in [6.07, 6.45) is -0.170. The topological polar surface area (TPSA) is 177 Å². The lowest BCUT2D eigenvalue weighted by Crippen LogP contribution is -2.59. The number of carbonyl (C=O) groups is 4. The molecule has 1 fully saturated rings. The highest BCUT2D eigenvalue weighted by atomic mass is 16.4. The Morgan fingerprint density at radius 2 is 1.44 bits per heavy atom. The Kier molecular flexibility index (Phi) is 14.5. The predicted molar refractivity (Wildman–Crippen MR) is 227 cm³/mol. The molecule has 0 aliphatic carbocycles. The second kappa shape index (κ2) is 19.3. The van der Waals surface area contributed by atoms with E-state index in [2.05, 4.69) is 25.9 Å². The van der Waals surface area contributed by atoms with Crippen molar-refractivity contribution in [2.24, 2.45) is 10.8 Å². The normalized spacial score (nSPS) is 15.8. The number of carboxylic acid groups (broad SMARTS) is 1. The van der Waals surface area contributed by atoms with Gasteiger partial charge in [-0.25, -0.2) is 9.59 Å². The zero-order chi connectivity index (χ0) is 42.9. The molecule has 0 bridgehead atoms. The summed E-state index contributed by atoms with van der Waals surface area (Å²) in [6.45, 7) is 14.1. The molecule has 5 amide bonds. The molecule has 3 heterocycles. The third-order valence-electron chi connectivity index (χ3n) is 10.6. The third-order valence-corrected chi connectivity index (χ3v) is 10.6. The summed E-state index contributed by atoms with van der Waals surface area (Å²) < 4.78 is 0. The number of urea groups is 1. The van der Waals surface area contributed by atoms with E-state index in [4.69, 9.17) is 0 Å². The molecule has 1 aliphatic rings. The summed E-state index contributed by atoms with van der Waals surface area (Å²) in [5, 5.41) is 30.3. The molecule has 1 aliphatic heterocycles. The number of aromatic nitrogens is 2. The number of aliphatic hydroxyl groups excluding tert-OH is 1. The number of hydrogen-bond acceptors (Lipinski definition) is 7. The average Bonchev–Trinajstić information content (AvgIpc) is 3.51. The van der Waals surface area contributed by atoms with Crippen LogP contribution >= 0.6 is 0 Å². The molecule has 2 aromatic heterocycles. The van der Waals surface area contributed by atoms with Crippen molar-refractivity contribution in [1.82, 2.24) is 35.7 Å². The van der Waals surface area contributed by atoms with Gasteiger partial charge >= 0.3 is 12.1 Å². The van der Waals surface area contributed by atoms with E-state index in [0.29, 0.717) is 26.1 Å². The maximum atomic E-state index is 14.6. The number of benzene rings is 2. The molecule has 5 N–H and O–H groups in total. The van der Waals surface area contributed by atoms with Crippen LogP contribution in [-0.4, -0.2) is 97.3 Å². The van der Waals surface area contributed by atoms with E-state index < -0.39 is 59.0 Å². The average molecular weight is 806 g/mol. The lowest BCUT2D eigenvalue weighted by molar-refractivity contribution is -0.131. The second-order valence-electron chi connectivity index (χ2n) is 17.6. The highest BCUT2D eigenvalue weighted by Crippen LogP contribution is 2.29. The van der Waals surface area contributed by atoms with Crippen molar-refractivity contribution < 1.29 is 29.4 Å². The number of nitrogens with one attached hydrogen (secondary N) is 3. The highest BCUT2D eigenvalue weighted by molar-refractivity contribution is 5.89. The van der Waals surface area contributed by atoms with Crippen LogP contribution in [0.4, 0.5) is 9.59 Å². The number of carbonyl (C=O) groups excluding carboxylic acids is 3. The van der Waals surface area contributed by atoms with Gasteiger partial charge < -0.3 is 36.0 Å². The van der Waals surface area contributed by atoms with Gasteiger partial charge in [0.2, 0.25) is 11.8 Å².